The number of ether oxygens (including phenoxy) is 1. The minimum absolute atomic E-state index is 0.224. The summed E-state index contributed by atoms with van der Waals surface area (Å²) in [5, 5.41) is 7.34. The Bertz CT molecular complexity index is 500. The van der Waals surface area contributed by atoms with E-state index in [9.17, 15) is 17.8 Å². The van der Waals surface area contributed by atoms with Crippen LogP contribution in [0.4, 0.5) is 0 Å². The van der Waals surface area contributed by atoms with Crippen LogP contribution in [0.1, 0.15) is 90.4 Å². The lowest BCUT2D eigenvalue weighted by Crippen LogP contribution is -2.37. The first-order valence-electron chi connectivity index (χ1n) is 9.80. The van der Waals surface area contributed by atoms with Crippen LogP contribution in [0.25, 0.3) is 0 Å². The molecular weight excluding hydrogens is 360 g/mol. The maximum atomic E-state index is 11.8. The van der Waals surface area contributed by atoms with Gasteiger partial charge in [-0.15, -0.1) is 0 Å². The fraction of sp³-hybridized carbons (Fsp3) is 0.944. The lowest BCUT2D eigenvalue weighted by atomic mass is 9.94. The van der Waals surface area contributed by atoms with Crippen LogP contribution in [0.5, 0.6) is 0 Å². The smallest absolute Gasteiger partial charge is 0.342 e. The summed E-state index contributed by atoms with van der Waals surface area (Å²) in [6, 6.07) is 0. The van der Waals surface area contributed by atoms with Gasteiger partial charge in [0.2, 0.25) is 0 Å². The molecule has 2 N–H and O–H groups in total. The van der Waals surface area contributed by atoms with E-state index in [-0.39, 0.29) is 6.42 Å². The molecule has 1 fully saturated rings. The Balaban J connectivity index is 2.25. The largest absolute Gasteiger partial charge is 0.368 e. The van der Waals surface area contributed by atoms with Crippen molar-refractivity contribution >= 4 is 16.1 Å². The predicted octanol–water partition coefficient (Wildman–Crippen LogP) is 4.12. The molecule has 0 radical (unpaired) electrons. The summed E-state index contributed by atoms with van der Waals surface area (Å²) in [6.07, 6.45) is 10.6. The highest BCUT2D eigenvalue weighted by Crippen LogP contribution is 2.41. The molecule has 0 spiro atoms. The third kappa shape index (κ3) is 8.79. The fourth-order valence-electron chi connectivity index (χ4n) is 3.47. The fourth-order valence-corrected chi connectivity index (χ4v) is 4.73. The average molecular weight is 395 g/mol. The van der Waals surface area contributed by atoms with E-state index in [4.69, 9.17) is 9.99 Å². The van der Waals surface area contributed by atoms with Crippen LogP contribution >= 0.6 is 0 Å². The number of rotatable bonds is 16. The van der Waals surface area contributed by atoms with E-state index in [0.717, 1.165) is 57.8 Å². The molecule has 0 saturated carbocycles. The average Bonchev–Trinajstić information content (AvgIpc) is 3.36. The summed E-state index contributed by atoms with van der Waals surface area (Å²) in [5.74, 6) is -0.604. The Morgan fingerprint density at radius 1 is 1.08 bits per heavy atom. The first-order valence-corrected chi connectivity index (χ1v) is 11.3. The molecule has 1 saturated heterocycles. The van der Waals surface area contributed by atoms with E-state index in [1.165, 1.54) is 0 Å². The molecule has 1 aliphatic rings. The molecule has 0 aliphatic carbocycles. The number of hydrogen-bond donors (Lipinski definition) is 2. The molecular formula is C18H34O7S. The van der Waals surface area contributed by atoms with Gasteiger partial charge in [-0.25, -0.2) is 4.79 Å². The second-order valence-corrected chi connectivity index (χ2v) is 8.89. The Morgan fingerprint density at radius 2 is 1.65 bits per heavy atom. The zero-order valence-corrected chi connectivity index (χ0v) is 16.6. The molecule has 0 aromatic carbocycles. The minimum Gasteiger partial charge on any atom is -0.368 e. The van der Waals surface area contributed by atoms with Crippen molar-refractivity contribution in [1.82, 2.24) is 0 Å². The van der Waals surface area contributed by atoms with Crippen LogP contribution in [0, 0.1) is 0 Å². The van der Waals surface area contributed by atoms with Crippen molar-refractivity contribution < 1.29 is 32.6 Å². The molecule has 2 atom stereocenters. The second kappa shape index (κ2) is 11.9. The van der Waals surface area contributed by atoms with Crippen LogP contribution in [0.15, 0.2) is 0 Å². The van der Waals surface area contributed by atoms with Crippen molar-refractivity contribution in [2.75, 3.05) is 6.61 Å². The summed E-state index contributed by atoms with van der Waals surface area (Å²) in [7, 11) is -4.10. The van der Waals surface area contributed by atoms with Crippen molar-refractivity contribution in [3.8, 4) is 0 Å². The van der Waals surface area contributed by atoms with Crippen LogP contribution in [0.2, 0.25) is 0 Å². The third-order valence-corrected chi connectivity index (χ3v) is 6.50. The van der Waals surface area contributed by atoms with Gasteiger partial charge >= 0.3 is 5.97 Å². The van der Waals surface area contributed by atoms with Crippen molar-refractivity contribution in [2.24, 2.45) is 0 Å². The van der Waals surface area contributed by atoms with E-state index in [2.05, 4.69) is 11.8 Å². The molecule has 1 rings (SSSR count). The van der Waals surface area contributed by atoms with Gasteiger partial charge in [0.25, 0.3) is 10.1 Å². The summed E-state index contributed by atoms with van der Waals surface area (Å²) in [4.78, 5) is 14.4. The topological polar surface area (TPSA) is 113 Å². The van der Waals surface area contributed by atoms with Gasteiger partial charge in [0.15, 0.2) is 0 Å². The summed E-state index contributed by atoms with van der Waals surface area (Å²) >= 11 is 0. The van der Waals surface area contributed by atoms with Gasteiger partial charge in [0.1, 0.15) is 10.9 Å². The molecule has 7 nitrogen and oxygen atoms in total. The molecule has 0 amide bonds. The Hall–Kier alpha value is -0.700. The first-order chi connectivity index (χ1) is 12.4. The lowest BCUT2D eigenvalue weighted by molar-refractivity contribution is -0.234. The summed E-state index contributed by atoms with van der Waals surface area (Å²) in [6.45, 7) is 2.51. The van der Waals surface area contributed by atoms with Gasteiger partial charge < -0.3 is 9.62 Å². The number of unbranched alkanes of at least 4 members (excludes halogenated alkanes) is 8. The zero-order valence-electron chi connectivity index (χ0n) is 15.8. The van der Waals surface area contributed by atoms with Crippen molar-refractivity contribution in [3.05, 3.63) is 0 Å². The molecule has 8 heteroatoms. The van der Waals surface area contributed by atoms with Crippen molar-refractivity contribution in [2.45, 2.75) is 101 Å². The van der Waals surface area contributed by atoms with Crippen molar-refractivity contribution in [3.63, 3.8) is 0 Å². The van der Waals surface area contributed by atoms with Gasteiger partial charge in [0, 0.05) is 6.42 Å². The number of carbonyl (C=O) groups excluding carboxylic acids is 1. The van der Waals surface area contributed by atoms with Gasteiger partial charge in [-0.2, -0.15) is 13.7 Å². The quantitative estimate of drug-likeness (QED) is 0.133. The molecule has 1 aliphatic heterocycles. The van der Waals surface area contributed by atoms with Gasteiger partial charge in [0.05, 0.1) is 6.61 Å². The third-order valence-electron chi connectivity index (χ3n) is 5.11. The number of hydrogen-bond acceptors (Lipinski definition) is 6. The predicted molar refractivity (Wildman–Crippen MR) is 98.4 cm³/mol. The lowest BCUT2D eigenvalue weighted by Gasteiger charge is -2.21. The van der Waals surface area contributed by atoms with Crippen LogP contribution < -0.4 is 0 Å². The zero-order chi connectivity index (χ0) is 19.5. The normalized spacial score (nSPS) is 20.7. The Morgan fingerprint density at radius 3 is 2.19 bits per heavy atom. The number of carbonyl (C=O) groups is 1. The minimum atomic E-state index is -4.10. The van der Waals surface area contributed by atoms with Crippen molar-refractivity contribution in [1.29, 1.82) is 0 Å². The molecule has 154 valence electrons. The molecule has 1 heterocycles. The SMILES string of the molecule is CCCCCCC(C1(CCCCCCCCC(=O)OO)CO1)S(=O)(=O)O. The molecule has 0 aromatic rings. The molecule has 26 heavy (non-hydrogen) atoms. The van der Waals surface area contributed by atoms with Crippen LogP contribution in [-0.2, 0) is 24.5 Å². The van der Waals surface area contributed by atoms with Gasteiger partial charge in [-0.05, 0) is 19.3 Å². The summed E-state index contributed by atoms with van der Waals surface area (Å²) < 4.78 is 38.7. The van der Waals surface area contributed by atoms with E-state index in [0.29, 0.717) is 25.9 Å². The number of epoxide rings is 1. The molecule has 0 bridgehead atoms. The second-order valence-electron chi connectivity index (χ2n) is 7.29. The molecule has 0 aromatic heterocycles. The maximum absolute atomic E-state index is 11.8. The van der Waals surface area contributed by atoms with E-state index in [1.807, 2.05) is 0 Å². The Kier molecular flexibility index (Phi) is 10.7. The van der Waals surface area contributed by atoms with E-state index in [1.54, 1.807) is 0 Å². The van der Waals surface area contributed by atoms with Gasteiger partial charge in [-0.1, -0.05) is 64.7 Å². The van der Waals surface area contributed by atoms with E-state index >= 15 is 0 Å². The standard InChI is InChI=1S/C18H34O7S/c1-2-3-4-9-12-16(26(21,22)23)18(15-24-18)14-11-8-6-5-7-10-13-17(19)25-20/h16,20H,2-15H2,1H3,(H,21,22,23). The van der Waals surface area contributed by atoms with E-state index < -0.39 is 26.9 Å². The first kappa shape index (κ1) is 23.3. The highest BCUT2D eigenvalue weighted by atomic mass is 32.2. The monoisotopic (exact) mass is 394 g/mol. The van der Waals surface area contributed by atoms with Gasteiger partial charge in [-0.3, -0.25) is 4.55 Å². The highest BCUT2D eigenvalue weighted by Gasteiger charge is 2.55. The molecule has 2 unspecified atom stereocenters. The summed E-state index contributed by atoms with van der Waals surface area (Å²) in [5.41, 5.74) is -0.690. The maximum Gasteiger partial charge on any atom is 0.342 e. The van der Waals surface area contributed by atoms with Crippen LogP contribution in [0.3, 0.4) is 0 Å². The van der Waals surface area contributed by atoms with Crippen LogP contribution in [-0.4, -0.2) is 41.7 Å². The Labute approximate surface area is 157 Å². The highest BCUT2D eigenvalue weighted by molar-refractivity contribution is 7.86.